The molecule has 132 valence electrons. The molecule has 0 saturated carbocycles. The van der Waals surface area contributed by atoms with Crippen molar-refractivity contribution in [2.75, 3.05) is 13.2 Å². The molecule has 0 saturated heterocycles. The molecule has 2 aromatic carbocycles. The monoisotopic (exact) mass is 411 g/mol. The Hall–Kier alpha value is -2.66. The lowest BCUT2D eigenvalue weighted by Crippen LogP contribution is -2.28. The van der Waals surface area contributed by atoms with Gasteiger partial charge in [-0.1, -0.05) is 58.9 Å². The molecule has 26 heavy (non-hydrogen) atoms. The lowest BCUT2D eigenvalue weighted by atomic mass is 10.1. The molecule has 1 aliphatic heterocycles. The molecule has 0 spiro atoms. The number of esters is 1. The van der Waals surface area contributed by atoms with E-state index in [1.807, 2.05) is 42.5 Å². The maximum absolute atomic E-state index is 12.7. The highest BCUT2D eigenvalue weighted by molar-refractivity contribution is 9.10. The van der Waals surface area contributed by atoms with Crippen LogP contribution in [-0.4, -0.2) is 29.9 Å². The predicted octanol–water partition coefficient (Wildman–Crippen LogP) is 4.52. The van der Waals surface area contributed by atoms with E-state index in [0.717, 1.165) is 15.6 Å². The van der Waals surface area contributed by atoms with Gasteiger partial charge in [0.05, 0.1) is 18.7 Å². The van der Waals surface area contributed by atoms with Crippen LogP contribution in [0.5, 0.6) is 0 Å². The van der Waals surface area contributed by atoms with Crippen molar-refractivity contribution >= 4 is 39.6 Å². The van der Waals surface area contributed by atoms with E-state index in [-0.39, 0.29) is 19.1 Å². The summed E-state index contributed by atoms with van der Waals surface area (Å²) in [5.74, 6) is -0.604. The first-order valence-corrected chi connectivity index (χ1v) is 9.04. The summed E-state index contributed by atoms with van der Waals surface area (Å²) < 4.78 is 6.04. The molecule has 0 fully saturated rings. The minimum absolute atomic E-state index is 0.104. The molecule has 0 atom stereocenters. The van der Waals surface area contributed by atoms with Crippen molar-refractivity contribution in [1.29, 1.82) is 0 Å². The molecule has 0 N–H and O–H groups in total. The van der Waals surface area contributed by atoms with Gasteiger partial charge in [-0.2, -0.15) is 0 Å². The number of carbonyl (C=O) groups excluding carboxylic acids is 2. The molecule has 0 radical (unpaired) electrons. The van der Waals surface area contributed by atoms with Gasteiger partial charge < -0.3 is 9.64 Å². The summed E-state index contributed by atoms with van der Waals surface area (Å²) in [6.07, 6.45) is 1.74. The number of ether oxygens (including phenoxy) is 1. The van der Waals surface area contributed by atoms with Crippen LogP contribution < -0.4 is 0 Å². The summed E-state index contributed by atoms with van der Waals surface area (Å²) in [6.45, 7) is 6.15. The summed E-state index contributed by atoms with van der Waals surface area (Å²) in [6, 6.07) is 14.9. The van der Waals surface area contributed by atoms with Crippen LogP contribution in [0.3, 0.4) is 0 Å². The van der Waals surface area contributed by atoms with E-state index in [1.165, 1.54) is 4.90 Å². The molecule has 1 amide bonds. The number of halogens is 1. The fraction of sp³-hybridized carbons (Fsp3) is 0.143. The van der Waals surface area contributed by atoms with E-state index in [1.54, 1.807) is 19.1 Å². The Bertz CT molecular complexity index is 882. The molecule has 0 unspecified atom stereocenters. The van der Waals surface area contributed by atoms with Crippen LogP contribution in [0.25, 0.3) is 11.8 Å². The van der Waals surface area contributed by atoms with Gasteiger partial charge in [-0.05, 0) is 30.7 Å². The van der Waals surface area contributed by atoms with Gasteiger partial charge in [0.25, 0.3) is 5.91 Å². The fourth-order valence-corrected chi connectivity index (χ4v) is 3.24. The highest BCUT2D eigenvalue weighted by Gasteiger charge is 2.32. The van der Waals surface area contributed by atoms with Crippen LogP contribution in [-0.2, 0) is 9.53 Å². The molecule has 5 heteroatoms. The molecule has 3 rings (SSSR count). The Balaban J connectivity index is 1.95. The van der Waals surface area contributed by atoms with E-state index in [4.69, 9.17) is 4.74 Å². The molecular weight excluding hydrogens is 394 g/mol. The zero-order valence-corrected chi connectivity index (χ0v) is 16.0. The van der Waals surface area contributed by atoms with Gasteiger partial charge in [0, 0.05) is 21.3 Å². The average Bonchev–Trinajstić information content (AvgIpc) is 2.88. The molecule has 4 nitrogen and oxygen atoms in total. The first-order chi connectivity index (χ1) is 12.5. The summed E-state index contributed by atoms with van der Waals surface area (Å²) in [4.78, 5) is 26.7. The molecule has 0 aliphatic carbocycles. The number of fused-ring (bicyclic) bond motifs is 1. The second-order valence-electron chi connectivity index (χ2n) is 5.80. The normalized spacial score (nSPS) is 13.8. The summed E-state index contributed by atoms with van der Waals surface area (Å²) in [7, 11) is 0. The van der Waals surface area contributed by atoms with Crippen LogP contribution in [0.15, 0.2) is 65.2 Å². The van der Waals surface area contributed by atoms with Gasteiger partial charge in [-0.25, -0.2) is 4.79 Å². The minimum atomic E-state index is -0.445. The number of amides is 1. The summed E-state index contributed by atoms with van der Waals surface area (Å²) in [5.41, 5.74) is 3.21. The number of nitrogens with zero attached hydrogens (tertiary/aromatic N) is 1. The van der Waals surface area contributed by atoms with Crippen LogP contribution in [0.2, 0.25) is 0 Å². The molecule has 2 aromatic rings. The molecule has 1 heterocycles. The van der Waals surface area contributed by atoms with Gasteiger partial charge >= 0.3 is 5.97 Å². The number of carbonyl (C=O) groups is 2. The van der Waals surface area contributed by atoms with E-state index in [9.17, 15) is 9.59 Å². The van der Waals surface area contributed by atoms with Crippen molar-refractivity contribution in [3.63, 3.8) is 0 Å². The first-order valence-electron chi connectivity index (χ1n) is 8.25. The Labute approximate surface area is 160 Å². The lowest BCUT2D eigenvalue weighted by molar-refractivity contribution is -0.138. The molecule has 0 aromatic heterocycles. The van der Waals surface area contributed by atoms with Gasteiger partial charge in [0.2, 0.25) is 0 Å². The zero-order valence-electron chi connectivity index (χ0n) is 14.4. The van der Waals surface area contributed by atoms with Crippen molar-refractivity contribution in [3.8, 4) is 0 Å². The third-order valence-electron chi connectivity index (χ3n) is 4.14. The first kappa shape index (κ1) is 18.1. The maximum atomic E-state index is 12.7. The Morgan fingerprint density at radius 2 is 1.81 bits per heavy atom. The largest absolute Gasteiger partial charge is 0.463 e. The molecule has 1 aliphatic rings. The number of hydrogen-bond acceptors (Lipinski definition) is 3. The van der Waals surface area contributed by atoms with Gasteiger partial charge in [-0.15, -0.1) is 0 Å². The summed E-state index contributed by atoms with van der Waals surface area (Å²) >= 11 is 3.48. The fourth-order valence-electron chi connectivity index (χ4n) is 2.84. The zero-order chi connectivity index (χ0) is 18.7. The highest BCUT2D eigenvalue weighted by Crippen LogP contribution is 2.32. The van der Waals surface area contributed by atoms with E-state index >= 15 is 0 Å². The van der Waals surface area contributed by atoms with E-state index in [0.29, 0.717) is 16.8 Å². The topological polar surface area (TPSA) is 46.6 Å². The second-order valence-corrected chi connectivity index (χ2v) is 6.65. The second kappa shape index (κ2) is 7.70. The Morgan fingerprint density at radius 1 is 1.15 bits per heavy atom. The summed E-state index contributed by atoms with van der Waals surface area (Å²) in [5, 5.41) is 0. The van der Waals surface area contributed by atoms with Crippen LogP contribution in [0, 0.1) is 0 Å². The van der Waals surface area contributed by atoms with Crippen molar-refractivity contribution in [1.82, 2.24) is 4.90 Å². The SMILES string of the molecule is C=C1c2ccccc2C(=O)N1C/C(=C/c1ccccc1Br)C(=O)OCC. The van der Waals surface area contributed by atoms with Gasteiger partial charge in [-0.3, -0.25) is 4.79 Å². The standard InChI is InChI=1S/C21H18BrNO3/c1-3-26-21(25)16(12-15-8-4-7-11-19(15)22)13-23-14(2)17-9-5-6-10-18(17)20(23)24/h4-12H,2-3,13H2,1H3/b16-12-. The van der Waals surface area contributed by atoms with E-state index < -0.39 is 5.97 Å². The number of rotatable bonds is 5. The maximum Gasteiger partial charge on any atom is 0.335 e. The third kappa shape index (κ3) is 3.48. The molecular formula is C21H18BrNO3. The van der Waals surface area contributed by atoms with Crippen LogP contribution in [0.1, 0.15) is 28.4 Å². The van der Waals surface area contributed by atoms with Gasteiger partial charge in [0.15, 0.2) is 0 Å². The van der Waals surface area contributed by atoms with Crippen LogP contribution >= 0.6 is 15.9 Å². The smallest absolute Gasteiger partial charge is 0.335 e. The lowest BCUT2D eigenvalue weighted by Gasteiger charge is -2.19. The minimum Gasteiger partial charge on any atom is -0.463 e. The number of hydrogen-bond donors (Lipinski definition) is 0. The van der Waals surface area contributed by atoms with Crippen molar-refractivity contribution in [2.45, 2.75) is 6.92 Å². The van der Waals surface area contributed by atoms with E-state index in [2.05, 4.69) is 22.5 Å². The number of benzene rings is 2. The van der Waals surface area contributed by atoms with Gasteiger partial charge in [0.1, 0.15) is 0 Å². The van der Waals surface area contributed by atoms with Crippen molar-refractivity contribution in [3.05, 3.63) is 81.8 Å². The predicted molar refractivity (Wildman–Crippen MR) is 105 cm³/mol. The Morgan fingerprint density at radius 3 is 2.46 bits per heavy atom. The molecule has 0 bridgehead atoms. The third-order valence-corrected chi connectivity index (χ3v) is 4.86. The highest BCUT2D eigenvalue weighted by atomic mass is 79.9. The van der Waals surface area contributed by atoms with Crippen molar-refractivity contribution in [2.24, 2.45) is 0 Å². The van der Waals surface area contributed by atoms with Crippen LogP contribution in [0.4, 0.5) is 0 Å². The quantitative estimate of drug-likeness (QED) is 0.536. The Kier molecular flexibility index (Phi) is 5.38. The van der Waals surface area contributed by atoms with Crippen molar-refractivity contribution < 1.29 is 14.3 Å². The average molecular weight is 412 g/mol.